The second-order valence-electron chi connectivity index (χ2n) is 6.48. The van der Waals surface area contributed by atoms with Crippen molar-refractivity contribution in [1.29, 1.82) is 5.26 Å². The smallest absolute Gasteiger partial charge is 0.267 e. The summed E-state index contributed by atoms with van der Waals surface area (Å²) in [5.74, 6) is 0. The minimum atomic E-state index is -0.475. The van der Waals surface area contributed by atoms with Gasteiger partial charge in [0.2, 0.25) is 0 Å². The topological polar surface area (TPSA) is 87.4 Å². The van der Waals surface area contributed by atoms with E-state index in [1.807, 2.05) is 58.7 Å². The second kappa shape index (κ2) is 8.09. The summed E-state index contributed by atoms with van der Waals surface area (Å²) < 4.78 is 1.91. The van der Waals surface area contributed by atoms with Crippen molar-refractivity contribution in [3.63, 3.8) is 0 Å². The van der Waals surface area contributed by atoms with Gasteiger partial charge in [0.25, 0.3) is 5.56 Å². The van der Waals surface area contributed by atoms with Crippen molar-refractivity contribution in [3.05, 3.63) is 92.3 Å². The molecule has 0 aliphatic rings. The van der Waals surface area contributed by atoms with Crippen molar-refractivity contribution < 1.29 is 0 Å². The van der Waals surface area contributed by atoms with Gasteiger partial charge in [-0.3, -0.25) is 9.48 Å². The molecular weight excluding hydrogens is 382 g/mol. The van der Waals surface area contributed by atoms with Crippen LogP contribution in [0.2, 0.25) is 0 Å². The largest absolute Gasteiger partial charge is 0.282 e. The molecule has 0 saturated heterocycles. The van der Waals surface area contributed by atoms with Gasteiger partial charge < -0.3 is 0 Å². The molecule has 0 saturated carbocycles. The summed E-state index contributed by atoms with van der Waals surface area (Å²) in [5, 5.41) is 22.4. The lowest BCUT2D eigenvalue weighted by molar-refractivity contribution is 0.689. The molecule has 3 aromatic heterocycles. The maximum Gasteiger partial charge on any atom is 0.282 e. The normalized spacial score (nSPS) is 11.0. The number of hydrogen-bond acceptors (Lipinski definition) is 5. The van der Waals surface area contributed by atoms with Crippen LogP contribution >= 0.6 is 11.3 Å². The van der Waals surface area contributed by atoms with E-state index >= 15 is 0 Å². The van der Waals surface area contributed by atoms with E-state index in [0.29, 0.717) is 17.8 Å². The predicted octanol–water partition coefficient (Wildman–Crippen LogP) is 4.09. The first-order chi connectivity index (χ1) is 14.2. The van der Waals surface area contributed by atoms with Crippen molar-refractivity contribution in [2.45, 2.75) is 13.5 Å². The van der Waals surface area contributed by atoms with E-state index in [1.54, 1.807) is 24.3 Å². The number of nitrogens with zero attached hydrogens (tertiary/aromatic N) is 4. The third kappa shape index (κ3) is 3.93. The molecule has 0 atom stereocenters. The lowest BCUT2D eigenvalue weighted by atomic mass is 10.1. The molecule has 0 radical (unpaired) electrons. The third-order valence-corrected chi connectivity index (χ3v) is 5.41. The van der Waals surface area contributed by atoms with Crippen molar-refractivity contribution in [2.75, 3.05) is 0 Å². The van der Waals surface area contributed by atoms with Gasteiger partial charge in [0.05, 0.1) is 17.1 Å². The SMILES string of the molecule is Cc1c(C=Cc2cn(Cc3ccccc3)nc2-c2cccs2)n[nH]c(=O)c1C#N. The molecule has 0 unspecified atom stereocenters. The summed E-state index contributed by atoms with van der Waals surface area (Å²) in [6.45, 7) is 2.39. The first kappa shape index (κ1) is 18.6. The Bertz CT molecular complexity index is 1260. The molecule has 0 aliphatic heterocycles. The summed E-state index contributed by atoms with van der Waals surface area (Å²) in [6.07, 6.45) is 5.70. The minimum absolute atomic E-state index is 0.0814. The predicted molar refractivity (Wildman–Crippen MR) is 114 cm³/mol. The molecule has 4 aromatic rings. The van der Waals surface area contributed by atoms with Gasteiger partial charge in [-0.25, -0.2) is 5.10 Å². The molecule has 0 aliphatic carbocycles. The van der Waals surface area contributed by atoms with Gasteiger partial charge in [-0.15, -0.1) is 11.3 Å². The van der Waals surface area contributed by atoms with Crippen LogP contribution in [0.5, 0.6) is 0 Å². The number of H-pyrrole nitrogens is 1. The van der Waals surface area contributed by atoms with E-state index in [1.165, 1.54) is 5.56 Å². The number of nitriles is 1. The Morgan fingerprint density at radius 1 is 1.21 bits per heavy atom. The number of rotatable bonds is 5. The molecule has 0 bridgehead atoms. The zero-order chi connectivity index (χ0) is 20.2. The van der Waals surface area contributed by atoms with Gasteiger partial charge in [-0.1, -0.05) is 36.4 Å². The molecule has 3 heterocycles. The van der Waals surface area contributed by atoms with Gasteiger partial charge in [0, 0.05) is 11.8 Å². The zero-order valence-corrected chi connectivity index (χ0v) is 16.5. The van der Waals surface area contributed by atoms with Crippen LogP contribution in [0.3, 0.4) is 0 Å². The fraction of sp³-hybridized carbons (Fsp3) is 0.0909. The van der Waals surface area contributed by atoms with Gasteiger partial charge in [-0.2, -0.15) is 15.5 Å². The highest BCUT2D eigenvalue weighted by molar-refractivity contribution is 7.13. The molecule has 1 N–H and O–H groups in total. The van der Waals surface area contributed by atoms with Gasteiger partial charge in [-0.05, 0) is 41.6 Å². The standard InChI is InChI=1S/C22H17N5OS/c1-15-18(12-23)22(28)25-24-19(15)10-9-17-14-27(13-16-6-3-2-4-7-16)26-21(17)20-8-5-11-29-20/h2-11,14H,13H2,1H3,(H,25,28). The second-order valence-corrected chi connectivity index (χ2v) is 7.42. The lowest BCUT2D eigenvalue weighted by Crippen LogP contribution is -2.15. The average Bonchev–Trinajstić information content (AvgIpc) is 3.38. The van der Waals surface area contributed by atoms with Crippen molar-refractivity contribution in [2.24, 2.45) is 0 Å². The van der Waals surface area contributed by atoms with Gasteiger partial charge >= 0.3 is 0 Å². The quantitative estimate of drug-likeness (QED) is 0.547. The summed E-state index contributed by atoms with van der Waals surface area (Å²) in [4.78, 5) is 12.8. The third-order valence-electron chi connectivity index (χ3n) is 4.53. The highest BCUT2D eigenvalue weighted by Gasteiger charge is 2.12. The number of nitrogens with one attached hydrogen (secondary N) is 1. The molecule has 4 rings (SSSR count). The van der Waals surface area contributed by atoms with Crippen molar-refractivity contribution in [1.82, 2.24) is 20.0 Å². The van der Waals surface area contributed by atoms with E-state index in [2.05, 4.69) is 22.3 Å². The molecular formula is C22H17N5OS. The fourth-order valence-corrected chi connectivity index (χ4v) is 3.76. The molecule has 7 heteroatoms. The molecule has 0 fully saturated rings. The molecule has 0 amide bonds. The summed E-state index contributed by atoms with van der Waals surface area (Å²) in [7, 11) is 0. The number of thiophene rings is 1. The fourth-order valence-electron chi connectivity index (χ4n) is 3.03. The van der Waals surface area contributed by atoms with Gasteiger partial charge in [0.15, 0.2) is 0 Å². The minimum Gasteiger partial charge on any atom is -0.267 e. The van der Waals surface area contributed by atoms with Crippen LogP contribution in [0.1, 0.15) is 27.9 Å². The summed E-state index contributed by atoms with van der Waals surface area (Å²) in [6, 6.07) is 16.1. The molecule has 29 heavy (non-hydrogen) atoms. The maximum absolute atomic E-state index is 11.7. The average molecular weight is 399 g/mol. The Morgan fingerprint density at radius 3 is 2.76 bits per heavy atom. The Kier molecular flexibility index (Phi) is 5.18. The molecule has 142 valence electrons. The Labute approximate surface area is 171 Å². The van der Waals surface area contributed by atoms with E-state index in [4.69, 9.17) is 5.10 Å². The summed E-state index contributed by atoms with van der Waals surface area (Å²) >= 11 is 1.63. The van der Waals surface area contributed by atoms with Crippen LogP contribution in [-0.2, 0) is 6.54 Å². The van der Waals surface area contributed by atoms with Crippen molar-refractivity contribution >= 4 is 23.5 Å². The van der Waals surface area contributed by atoms with E-state index in [-0.39, 0.29) is 5.56 Å². The first-order valence-electron chi connectivity index (χ1n) is 8.98. The van der Waals surface area contributed by atoms with Crippen LogP contribution < -0.4 is 5.56 Å². The number of aromatic nitrogens is 4. The van der Waals surface area contributed by atoms with Crippen LogP contribution in [0.25, 0.3) is 22.7 Å². The summed E-state index contributed by atoms with van der Waals surface area (Å²) in [5.41, 5.74) is 3.70. The van der Waals surface area contributed by atoms with E-state index in [9.17, 15) is 10.1 Å². The van der Waals surface area contributed by atoms with Crippen LogP contribution in [0.4, 0.5) is 0 Å². The van der Waals surface area contributed by atoms with Gasteiger partial charge in [0.1, 0.15) is 17.3 Å². The zero-order valence-electron chi connectivity index (χ0n) is 15.7. The first-order valence-corrected chi connectivity index (χ1v) is 9.86. The highest BCUT2D eigenvalue weighted by atomic mass is 32.1. The van der Waals surface area contributed by atoms with Crippen LogP contribution in [0, 0.1) is 18.3 Å². The highest BCUT2D eigenvalue weighted by Crippen LogP contribution is 2.28. The number of aromatic amines is 1. The Balaban J connectivity index is 1.72. The lowest BCUT2D eigenvalue weighted by Gasteiger charge is -2.00. The number of benzene rings is 1. The monoisotopic (exact) mass is 399 g/mol. The van der Waals surface area contributed by atoms with Crippen LogP contribution in [0.15, 0.2) is 58.8 Å². The van der Waals surface area contributed by atoms with E-state index < -0.39 is 5.56 Å². The van der Waals surface area contributed by atoms with E-state index in [0.717, 1.165) is 16.1 Å². The number of hydrogen-bond donors (Lipinski definition) is 1. The Morgan fingerprint density at radius 2 is 2.03 bits per heavy atom. The van der Waals surface area contributed by atoms with Crippen molar-refractivity contribution in [3.8, 4) is 16.6 Å². The molecule has 6 nitrogen and oxygen atoms in total. The Hall–Kier alpha value is -3.76. The molecule has 0 spiro atoms. The molecule has 1 aromatic carbocycles. The van der Waals surface area contributed by atoms with Crippen LogP contribution in [-0.4, -0.2) is 20.0 Å². The maximum atomic E-state index is 11.7.